The molecular formula is C48H58N2O9. The molecule has 3 aromatic rings. The lowest BCUT2D eigenvalue weighted by Gasteiger charge is -2.60. The Labute approximate surface area is 347 Å². The molecule has 1 fully saturated rings. The summed E-state index contributed by atoms with van der Waals surface area (Å²) >= 11 is 0. The van der Waals surface area contributed by atoms with E-state index in [1.165, 1.54) is 0 Å². The van der Waals surface area contributed by atoms with Crippen LogP contribution >= 0.6 is 0 Å². The van der Waals surface area contributed by atoms with Gasteiger partial charge in [-0.25, -0.2) is 0 Å². The number of aliphatic hydroxyl groups is 2. The minimum atomic E-state index is -1.37. The predicted octanol–water partition coefficient (Wildman–Crippen LogP) is 8.37. The zero-order valence-electron chi connectivity index (χ0n) is 34.1. The lowest BCUT2D eigenvalue weighted by Crippen LogP contribution is -2.70. The maximum absolute atomic E-state index is 15.0. The number of rotatable bonds is 21. The topological polar surface area (TPSA) is 129 Å². The lowest BCUT2D eigenvalue weighted by molar-refractivity contribution is -0.254. The molecule has 314 valence electrons. The fourth-order valence-corrected chi connectivity index (χ4v) is 9.49. The van der Waals surface area contributed by atoms with Crippen LogP contribution in [0, 0.1) is 17.8 Å². The third-order valence-electron chi connectivity index (χ3n) is 12.0. The highest BCUT2D eigenvalue weighted by Crippen LogP contribution is 2.62. The third kappa shape index (κ3) is 8.93. The van der Waals surface area contributed by atoms with Crippen molar-refractivity contribution < 1.29 is 43.5 Å². The minimum absolute atomic E-state index is 0.0902. The van der Waals surface area contributed by atoms with Gasteiger partial charge in [-0.15, -0.1) is 6.58 Å². The summed E-state index contributed by atoms with van der Waals surface area (Å²) in [4.78, 5) is 23.2. The Morgan fingerprint density at radius 2 is 1.69 bits per heavy atom. The average Bonchev–Trinajstić information content (AvgIpc) is 3.74. The molecule has 7 rings (SSSR count). The van der Waals surface area contributed by atoms with E-state index in [0.29, 0.717) is 67.4 Å². The first kappa shape index (κ1) is 42.0. The highest BCUT2D eigenvalue weighted by molar-refractivity contribution is 6.03. The maximum Gasteiger partial charge on any atom is 0.254 e. The van der Waals surface area contributed by atoms with Crippen LogP contribution in [0.15, 0.2) is 109 Å². The Kier molecular flexibility index (Phi) is 14.1. The Morgan fingerprint density at radius 1 is 0.932 bits per heavy atom. The van der Waals surface area contributed by atoms with Gasteiger partial charge in [-0.2, -0.15) is 0 Å². The van der Waals surface area contributed by atoms with Crippen molar-refractivity contribution in [3.63, 3.8) is 0 Å². The van der Waals surface area contributed by atoms with Crippen LogP contribution in [0.4, 0.5) is 0 Å². The van der Waals surface area contributed by atoms with Gasteiger partial charge in [0.25, 0.3) is 5.91 Å². The maximum atomic E-state index is 15.0. The molecule has 0 aromatic heterocycles. The summed E-state index contributed by atoms with van der Waals surface area (Å²) in [7, 11) is 0. The summed E-state index contributed by atoms with van der Waals surface area (Å²) in [6.45, 7) is 11.5. The number of benzene rings is 3. The molecule has 0 spiro atoms. The molecule has 6 unspecified atom stereocenters. The monoisotopic (exact) mass is 806 g/mol. The van der Waals surface area contributed by atoms with Crippen LogP contribution in [0.3, 0.4) is 0 Å². The molecule has 0 bridgehead atoms. The molecule has 1 saturated carbocycles. The fourth-order valence-electron chi connectivity index (χ4n) is 9.49. The molecule has 0 radical (unpaired) electrons. The van der Waals surface area contributed by atoms with Crippen LogP contribution in [-0.2, 0) is 16.2 Å². The largest absolute Gasteiger partial charge is 0.490 e. The van der Waals surface area contributed by atoms with Crippen molar-refractivity contribution in [2.24, 2.45) is 22.9 Å². The number of aliphatic hydroxyl groups excluding tert-OH is 2. The van der Waals surface area contributed by atoms with Gasteiger partial charge in [0.15, 0.2) is 11.5 Å². The first-order valence-corrected chi connectivity index (χ1v) is 21.1. The van der Waals surface area contributed by atoms with Gasteiger partial charge in [-0.3, -0.25) is 4.79 Å². The summed E-state index contributed by atoms with van der Waals surface area (Å²) < 4.78 is 31.9. The first-order valence-electron chi connectivity index (χ1n) is 21.1. The molecule has 2 heterocycles. The number of ether oxygens (including phenoxy) is 5. The van der Waals surface area contributed by atoms with E-state index in [1.54, 1.807) is 30.4 Å². The SMILES string of the molecule is C=CCOc1ccc2c(c1)C1C(CCCCO)C(CCCCO)C=C3C(=NOCc4ccccc4)CC(N(CCC)C(=O)c4ccc5c(c4)OCO5)C(OCC=C)(O2)C31. The number of oxime groups is 1. The van der Waals surface area contributed by atoms with Crippen molar-refractivity contribution in [2.45, 2.75) is 82.6 Å². The number of unbranched alkanes of at least 4 members (excludes halogenated alkanes) is 2. The van der Waals surface area contributed by atoms with Gasteiger partial charge in [-0.05, 0) is 91.5 Å². The summed E-state index contributed by atoms with van der Waals surface area (Å²) in [5, 5.41) is 24.8. The molecule has 2 aliphatic heterocycles. The van der Waals surface area contributed by atoms with Gasteiger partial charge < -0.3 is 43.6 Å². The number of hydrogen-bond acceptors (Lipinski definition) is 10. The van der Waals surface area contributed by atoms with Crippen LogP contribution in [0.2, 0.25) is 0 Å². The van der Waals surface area contributed by atoms with Crippen molar-refractivity contribution in [2.75, 3.05) is 39.8 Å². The number of carbonyl (C=O) groups is 1. The molecule has 1 amide bonds. The number of fused-ring (bicyclic) bond motifs is 3. The zero-order valence-corrected chi connectivity index (χ0v) is 34.1. The van der Waals surface area contributed by atoms with E-state index in [4.69, 9.17) is 33.7 Å². The minimum Gasteiger partial charge on any atom is -0.490 e. The van der Waals surface area contributed by atoms with Crippen LogP contribution < -0.4 is 18.9 Å². The molecular weight excluding hydrogens is 749 g/mol. The second kappa shape index (κ2) is 19.8. The van der Waals surface area contributed by atoms with Crippen LogP contribution in [0.25, 0.3) is 0 Å². The predicted molar refractivity (Wildman–Crippen MR) is 226 cm³/mol. The van der Waals surface area contributed by atoms with Gasteiger partial charge in [0.1, 0.15) is 30.8 Å². The Hall–Kier alpha value is -5.10. The van der Waals surface area contributed by atoms with E-state index in [-0.39, 0.29) is 56.9 Å². The summed E-state index contributed by atoms with van der Waals surface area (Å²) in [5.74, 6) is 0.534. The normalized spacial score (nSPS) is 24.3. The fraction of sp³-hybridized carbons (Fsp3) is 0.458. The second-order valence-electron chi connectivity index (χ2n) is 15.7. The van der Waals surface area contributed by atoms with Gasteiger partial charge >= 0.3 is 0 Å². The molecule has 6 atom stereocenters. The number of hydrogen-bond donors (Lipinski definition) is 2. The van der Waals surface area contributed by atoms with E-state index in [0.717, 1.165) is 48.1 Å². The molecule has 11 heteroatoms. The van der Waals surface area contributed by atoms with Crippen LogP contribution in [0.1, 0.15) is 85.7 Å². The lowest BCUT2D eigenvalue weighted by atomic mass is 9.55. The number of amides is 1. The molecule has 2 aliphatic carbocycles. The Morgan fingerprint density at radius 3 is 2.46 bits per heavy atom. The number of nitrogens with zero attached hydrogens (tertiary/aromatic N) is 2. The van der Waals surface area contributed by atoms with Gasteiger partial charge in [-0.1, -0.05) is 80.1 Å². The quantitative estimate of drug-likeness (QED) is 0.0620. The highest BCUT2D eigenvalue weighted by Gasteiger charge is 2.65. The van der Waals surface area contributed by atoms with E-state index < -0.39 is 17.7 Å². The molecule has 11 nitrogen and oxygen atoms in total. The van der Waals surface area contributed by atoms with E-state index in [1.807, 2.05) is 47.4 Å². The van der Waals surface area contributed by atoms with Gasteiger partial charge in [0.2, 0.25) is 12.6 Å². The van der Waals surface area contributed by atoms with E-state index >= 15 is 4.79 Å². The molecule has 2 N–H and O–H groups in total. The van der Waals surface area contributed by atoms with E-state index in [9.17, 15) is 10.2 Å². The van der Waals surface area contributed by atoms with Gasteiger partial charge in [0.05, 0.1) is 18.2 Å². The Balaban J connectivity index is 1.44. The van der Waals surface area contributed by atoms with E-state index in [2.05, 4.69) is 32.2 Å². The summed E-state index contributed by atoms with van der Waals surface area (Å²) in [6.07, 6.45) is 11.5. The van der Waals surface area contributed by atoms with Crippen molar-refractivity contribution in [1.82, 2.24) is 4.90 Å². The summed E-state index contributed by atoms with van der Waals surface area (Å²) in [6, 6.07) is 20.5. The first-order chi connectivity index (χ1) is 29.0. The van der Waals surface area contributed by atoms with Crippen LogP contribution in [-0.4, -0.2) is 78.3 Å². The summed E-state index contributed by atoms with van der Waals surface area (Å²) in [5.41, 5.74) is 4.17. The Bertz CT molecular complexity index is 1980. The number of carbonyl (C=O) groups excluding carboxylic acids is 1. The van der Waals surface area contributed by atoms with Crippen molar-refractivity contribution >= 4 is 11.6 Å². The molecule has 0 saturated heterocycles. The third-order valence-corrected chi connectivity index (χ3v) is 12.0. The van der Waals surface area contributed by atoms with Crippen molar-refractivity contribution in [3.05, 3.63) is 120 Å². The molecule has 59 heavy (non-hydrogen) atoms. The molecule has 4 aliphatic rings. The smallest absolute Gasteiger partial charge is 0.254 e. The second-order valence-corrected chi connectivity index (χ2v) is 15.7. The number of allylic oxidation sites excluding steroid dienone is 1. The molecule has 3 aromatic carbocycles. The average molecular weight is 807 g/mol. The van der Waals surface area contributed by atoms with Gasteiger partial charge in [0, 0.05) is 43.2 Å². The highest BCUT2D eigenvalue weighted by atomic mass is 16.7. The zero-order chi connectivity index (χ0) is 41.2. The standard InChI is InChI=1S/C48H58N2O9/c1-4-22-50(47(53)35-18-20-42-43(28-35)56-32-55-42)44-30-40(49-58-31-33-14-8-7-9-15-33)38-27-34(16-10-12-23-51)37(17-11-13-24-52)45-39-29-36(54-25-5-2)19-21-41(39)59-48(44,46(38)45)57-26-6-3/h5-9,14-15,18-21,27-29,34,37,44-46,51-52H,2-4,10-13,16-17,22-26,30-32H2,1H3. The van der Waals surface area contributed by atoms with Crippen molar-refractivity contribution in [3.8, 4) is 23.0 Å². The van der Waals surface area contributed by atoms with Crippen LogP contribution in [0.5, 0.6) is 23.0 Å². The van der Waals surface area contributed by atoms with Crippen molar-refractivity contribution in [1.29, 1.82) is 0 Å².